The SMILES string of the molecule is CCc1nc2ccccc2c(C(=O)OCC(=O)Nc2c([N+](=O)[O-])ccc(C)c2C)c1C. The lowest BCUT2D eigenvalue weighted by molar-refractivity contribution is -0.384. The van der Waals surface area contributed by atoms with E-state index in [4.69, 9.17) is 4.74 Å². The predicted molar refractivity (Wildman–Crippen MR) is 117 cm³/mol. The summed E-state index contributed by atoms with van der Waals surface area (Å²) in [5.74, 6) is -1.30. The number of aryl methyl sites for hydroxylation is 2. The Morgan fingerprint density at radius 3 is 2.48 bits per heavy atom. The summed E-state index contributed by atoms with van der Waals surface area (Å²) in [6, 6.07) is 10.2. The predicted octanol–water partition coefficient (Wildman–Crippen LogP) is 4.43. The number of anilines is 1. The lowest BCUT2D eigenvalue weighted by Crippen LogP contribution is -2.22. The fourth-order valence-corrected chi connectivity index (χ4v) is 3.46. The molecule has 160 valence electrons. The number of nitrogens with zero attached hydrogens (tertiary/aromatic N) is 2. The highest BCUT2D eigenvalue weighted by Crippen LogP contribution is 2.30. The van der Waals surface area contributed by atoms with Crippen LogP contribution >= 0.6 is 0 Å². The summed E-state index contributed by atoms with van der Waals surface area (Å²) in [5.41, 5.74) is 3.79. The zero-order chi connectivity index (χ0) is 22.7. The molecule has 3 rings (SSSR count). The van der Waals surface area contributed by atoms with Crippen molar-refractivity contribution in [1.29, 1.82) is 0 Å². The Morgan fingerprint density at radius 2 is 1.81 bits per heavy atom. The van der Waals surface area contributed by atoms with Gasteiger partial charge >= 0.3 is 5.97 Å². The monoisotopic (exact) mass is 421 g/mol. The molecule has 0 bridgehead atoms. The van der Waals surface area contributed by atoms with Crippen LogP contribution in [0.2, 0.25) is 0 Å². The third-order valence-corrected chi connectivity index (χ3v) is 5.29. The molecule has 0 atom stereocenters. The molecule has 1 aromatic heterocycles. The molecule has 3 aromatic rings. The summed E-state index contributed by atoms with van der Waals surface area (Å²) in [6.07, 6.45) is 0.647. The molecule has 0 aliphatic heterocycles. The van der Waals surface area contributed by atoms with Crippen molar-refractivity contribution in [3.05, 3.63) is 74.5 Å². The maximum Gasteiger partial charge on any atom is 0.339 e. The quantitative estimate of drug-likeness (QED) is 0.358. The van der Waals surface area contributed by atoms with E-state index in [0.717, 1.165) is 11.3 Å². The number of amides is 1. The fraction of sp³-hybridized carbons (Fsp3) is 0.261. The Kier molecular flexibility index (Phi) is 6.29. The summed E-state index contributed by atoms with van der Waals surface area (Å²) in [4.78, 5) is 40.6. The second-order valence-corrected chi connectivity index (χ2v) is 7.21. The van der Waals surface area contributed by atoms with Crippen LogP contribution in [0.5, 0.6) is 0 Å². The van der Waals surface area contributed by atoms with Gasteiger partial charge in [-0.1, -0.05) is 31.2 Å². The fourth-order valence-electron chi connectivity index (χ4n) is 3.46. The maximum absolute atomic E-state index is 12.9. The van der Waals surface area contributed by atoms with Crippen molar-refractivity contribution >= 4 is 34.2 Å². The van der Waals surface area contributed by atoms with Crippen LogP contribution in [-0.2, 0) is 16.0 Å². The van der Waals surface area contributed by atoms with Gasteiger partial charge in [-0.2, -0.15) is 0 Å². The van der Waals surface area contributed by atoms with Gasteiger partial charge in [-0.3, -0.25) is 19.9 Å². The van der Waals surface area contributed by atoms with E-state index in [1.165, 1.54) is 6.07 Å². The van der Waals surface area contributed by atoms with Gasteiger partial charge in [0.1, 0.15) is 5.69 Å². The smallest absolute Gasteiger partial charge is 0.339 e. The standard InChI is InChI=1S/C23H23N3O5/c1-5-17-15(4)21(16-8-6-7-9-18(16)24-17)23(28)31-12-20(27)25-22-14(3)13(2)10-11-19(22)26(29)30/h6-11H,5,12H2,1-4H3,(H,25,27). The van der Waals surface area contributed by atoms with E-state index in [1.54, 1.807) is 39.0 Å². The molecule has 1 amide bonds. The second-order valence-electron chi connectivity index (χ2n) is 7.21. The van der Waals surface area contributed by atoms with Crippen molar-refractivity contribution in [2.75, 3.05) is 11.9 Å². The molecule has 0 spiro atoms. The van der Waals surface area contributed by atoms with Gasteiger partial charge in [-0.15, -0.1) is 0 Å². The molecule has 0 fully saturated rings. The number of rotatable bonds is 6. The highest BCUT2D eigenvalue weighted by atomic mass is 16.6. The summed E-state index contributed by atoms with van der Waals surface area (Å²) >= 11 is 0. The molecular formula is C23H23N3O5. The number of aromatic nitrogens is 1. The van der Waals surface area contributed by atoms with E-state index >= 15 is 0 Å². The minimum atomic E-state index is -0.656. The number of nitro benzene ring substituents is 1. The number of ether oxygens (including phenoxy) is 1. The number of hydrogen-bond donors (Lipinski definition) is 1. The Balaban J connectivity index is 1.83. The molecular weight excluding hydrogens is 398 g/mol. The average Bonchev–Trinajstić information content (AvgIpc) is 2.74. The Bertz CT molecular complexity index is 1200. The van der Waals surface area contributed by atoms with Gasteiger partial charge in [0.2, 0.25) is 0 Å². The van der Waals surface area contributed by atoms with Crippen molar-refractivity contribution in [3.63, 3.8) is 0 Å². The van der Waals surface area contributed by atoms with Crippen LogP contribution in [-0.4, -0.2) is 28.4 Å². The van der Waals surface area contributed by atoms with E-state index < -0.39 is 23.4 Å². The Labute approximate surface area is 179 Å². The highest BCUT2D eigenvalue weighted by molar-refractivity contribution is 6.06. The largest absolute Gasteiger partial charge is 0.452 e. The molecule has 8 nitrogen and oxygen atoms in total. The van der Waals surface area contributed by atoms with Crippen LogP contribution in [0.4, 0.5) is 11.4 Å². The van der Waals surface area contributed by atoms with Crippen molar-refractivity contribution in [2.45, 2.75) is 34.1 Å². The molecule has 0 saturated carbocycles. The first-order valence-electron chi connectivity index (χ1n) is 9.84. The first-order chi connectivity index (χ1) is 14.7. The number of para-hydroxylation sites is 1. The maximum atomic E-state index is 12.9. The van der Waals surface area contributed by atoms with E-state index in [-0.39, 0.29) is 11.4 Å². The molecule has 0 radical (unpaired) electrons. The Morgan fingerprint density at radius 1 is 1.10 bits per heavy atom. The summed E-state index contributed by atoms with van der Waals surface area (Å²) in [7, 11) is 0. The topological polar surface area (TPSA) is 111 Å². The third-order valence-electron chi connectivity index (χ3n) is 5.29. The third kappa shape index (κ3) is 4.37. The van der Waals surface area contributed by atoms with E-state index in [9.17, 15) is 19.7 Å². The number of carbonyl (C=O) groups excluding carboxylic acids is 2. The van der Waals surface area contributed by atoms with E-state index in [0.29, 0.717) is 34.0 Å². The van der Waals surface area contributed by atoms with Gasteiger partial charge in [0.15, 0.2) is 6.61 Å². The lowest BCUT2D eigenvalue weighted by atomic mass is 10.0. The number of esters is 1. The number of nitro groups is 1. The van der Waals surface area contributed by atoms with Crippen LogP contribution < -0.4 is 5.32 Å². The molecule has 31 heavy (non-hydrogen) atoms. The van der Waals surface area contributed by atoms with Gasteiger partial charge in [-0.05, 0) is 49.9 Å². The summed E-state index contributed by atoms with van der Waals surface area (Å²) in [6.45, 7) is 6.65. The zero-order valence-corrected chi connectivity index (χ0v) is 17.8. The first kappa shape index (κ1) is 21.9. The summed E-state index contributed by atoms with van der Waals surface area (Å²) in [5, 5.41) is 14.5. The second kappa shape index (κ2) is 8.91. The van der Waals surface area contributed by atoms with Crippen molar-refractivity contribution in [2.24, 2.45) is 0 Å². The minimum Gasteiger partial charge on any atom is -0.452 e. The van der Waals surface area contributed by atoms with E-state index in [2.05, 4.69) is 10.3 Å². The number of benzene rings is 2. The molecule has 0 saturated heterocycles. The number of hydrogen-bond acceptors (Lipinski definition) is 6. The number of nitrogens with one attached hydrogen (secondary N) is 1. The molecule has 8 heteroatoms. The number of fused-ring (bicyclic) bond motifs is 1. The summed E-state index contributed by atoms with van der Waals surface area (Å²) < 4.78 is 5.27. The molecule has 1 N–H and O–H groups in total. The van der Waals surface area contributed by atoms with Crippen LogP contribution in [0, 0.1) is 30.9 Å². The lowest BCUT2D eigenvalue weighted by Gasteiger charge is -2.14. The van der Waals surface area contributed by atoms with Gasteiger partial charge in [0, 0.05) is 17.1 Å². The first-order valence-corrected chi connectivity index (χ1v) is 9.84. The number of pyridine rings is 1. The van der Waals surface area contributed by atoms with Crippen LogP contribution in [0.25, 0.3) is 10.9 Å². The van der Waals surface area contributed by atoms with Gasteiger partial charge in [-0.25, -0.2) is 4.79 Å². The van der Waals surface area contributed by atoms with E-state index in [1.807, 2.05) is 19.1 Å². The number of carbonyl (C=O) groups is 2. The van der Waals surface area contributed by atoms with Crippen LogP contribution in [0.1, 0.15) is 39.7 Å². The highest BCUT2D eigenvalue weighted by Gasteiger charge is 2.22. The van der Waals surface area contributed by atoms with Gasteiger partial charge in [0.25, 0.3) is 11.6 Å². The molecule has 0 aliphatic rings. The normalized spacial score (nSPS) is 10.7. The molecule has 2 aromatic carbocycles. The van der Waals surface area contributed by atoms with Crippen molar-refractivity contribution < 1.29 is 19.2 Å². The molecule has 0 aliphatic carbocycles. The minimum absolute atomic E-state index is 0.102. The van der Waals surface area contributed by atoms with Crippen molar-refractivity contribution in [1.82, 2.24) is 4.98 Å². The Hall–Kier alpha value is -3.81. The van der Waals surface area contributed by atoms with Crippen LogP contribution in [0.15, 0.2) is 36.4 Å². The van der Waals surface area contributed by atoms with Gasteiger partial charge in [0.05, 0.1) is 16.0 Å². The zero-order valence-electron chi connectivity index (χ0n) is 17.8. The van der Waals surface area contributed by atoms with Crippen LogP contribution in [0.3, 0.4) is 0 Å². The molecule has 0 unspecified atom stereocenters. The average molecular weight is 421 g/mol. The van der Waals surface area contributed by atoms with Crippen molar-refractivity contribution in [3.8, 4) is 0 Å². The van der Waals surface area contributed by atoms with Gasteiger partial charge < -0.3 is 10.1 Å². The molecule has 1 heterocycles.